The van der Waals surface area contributed by atoms with Crippen LogP contribution in [0.3, 0.4) is 0 Å². The number of carbonyl (C=O) groups is 1. The molecular formula is C14H12Cl3FN2O2. The molecule has 0 aliphatic carbocycles. The SMILES string of the molecule is Cc1nn(-c2cc(C(=O)OC(C)C)c(Cl)cc2F)c(Cl)c1Cl. The largest absolute Gasteiger partial charge is 0.459 e. The molecule has 0 bridgehead atoms. The summed E-state index contributed by atoms with van der Waals surface area (Å²) in [5.41, 5.74) is 0.416. The minimum Gasteiger partial charge on any atom is -0.459 e. The maximum atomic E-state index is 14.2. The van der Waals surface area contributed by atoms with Gasteiger partial charge in [0.1, 0.15) is 16.5 Å². The van der Waals surface area contributed by atoms with E-state index in [1.165, 1.54) is 6.07 Å². The van der Waals surface area contributed by atoms with E-state index in [-0.39, 0.29) is 32.6 Å². The minimum atomic E-state index is -0.688. The normalized spacial score (nSPS) is 11.1. The molecule has 0 saturated heterocycles. The number of halogens is 4. The van der Waals surface area contributed by atoms with E-state index in [4.69, 9.17) is 39.5 Å². The van der Waals surface area contributed by atoms with Gasteiger partial charge in [-0.1, -0.05) is 34.8 Å². The van der Waals surface area contributed by atoms with E-state index in [0.717, 1.165) is 10.7 Å². The first-order valence-electron chi connectivity index (χ1n) is 6.33. The Morgan fingerprint density at radius 2 is 1.95 bits per heavy atom. The molecule has 0 aliphatic rings. The average molecular weight is 366 g/mol. The van der Waals surface area contributed by atoms with Gasteiger partial charge < -0.3 is 4.74 Å². The predicted molar refractivity (Wildman–Crippen MR) is 83.8 cm³/mol. The average Bonchev–Trinajstić information content (AvgIpc) is 2.65. The van der Waals surface area contributed by atoms with Crippen molar-refractivity contribution in [1.29, 1.82) is 0 Å². The fourth-order valence-electron chi connectivity index (χ4n) is 1.77. The number of rotatable bonds is 3. The summed E-state index contributed by atoms with van der Waals surface area (Å²) in [6, 6.07) is 2.24. The van der Waals surface area contributed by atoms with E-state index >= 15 is 0 Å². The van der Waals surface area contributed by atoms with Crippen molar-refractivity contribution in [3.05, 3.63) is 44.4 Å². The summed E-state index contributed by atoms with van der Waals surface area (Å²) in [5.74, 6) is -1.35. The zero-order chi connectivity index (χ0) is 16.6. The monoisotopic (exact) mass is 364 g/mol. The summed E-state index contributed by atoms with van der Waals surface area (Å²) in [6.45, 7) is 5.03. The number of aryl methyl sites for hydroxylation is 1. The highest BCUT2D eigenvalue weighted by Gasteiger charge is 2.21. The maximum absolute atomic E-state index is 14.2. The van der Waals surface area contributed by atoms with Gasteiger partial charge in [0.15, 0.2) is 5.15 Å². The molecular weight excluding hydrogens is 354 g/mol. The van der Waals surface area contributed by atoms with Crippen LogP contribution in [-0.4, -0.2) is 21.9 Å². The van der Waals surface area contributed by atoms with Crippen LogP contribution in [-0.2, 0) is 4.74 Å². The van der Waals surface area contributed by atoms with Crippen molar-refractivity contribution in [2.45, 2.75) is 26.9 Å². The summed E-state index contributed by atoms with van der Waals surface area (Å²) in [6.07, 6.45) is -0.331. The second kappa shape index (κ2) is 6.44. The Morgan fingerprint density at radius 3 is 2.45 bits per heavy atom. The first-order chi connectivity index (χ1) is 10.2. The third-order valence-electron chi connectivity index (χ3n) is 2.76. The third-order valence-corrected chi connectivity index (χ3v) is 3.97. The number of ether oxygens (including phenoxy) is 1. The molecule has 0 aliphatic heterocycles. The van der Waals surface area contributed by atoms with E-state index in [0.29, 0.717) is 5.69 Å². The molecule has 118 valence electrons. The van der Waals surface area contributed by atoms with Crippen molar-refractivity contribution in [2.75, 3.05) is 0 Å². The number of hydrogen-bond acceptors (Lipinski definition) is 3. The van der Waals surface area contributed by atoms with Crippen LogP contribution in [0.1, 0.15) is 29.9 Å². The molecule has 0 unspecified atom stereocenters. The molecule has 0 radical (unpaired) electrons. The van der Waals surface area contributed by atoms with Crippen LogP contribution in [0, 0.1) is 12.7 Å². The van der Waals surface area contributed by atoms with Gasteiger partial charge in [0.2, 0.25) is 0 Å². The Kier molecular flexibility index (Phi) is 5.00. The Balaban J connectivity index is 2.57. The minimum absolute atomic E-state index is 0.0205. The van der Waals surface area contributed by atoms with Gasteiger partial charge in [0, 0.05) is 0 Å². The lowest BCUT2D eigenvalue weighted by molar-refractivity contribution is 0.0378. The standard InChI is InChI=1S/C14H12Cl3FN2O2/c1-6(2)22-14(21)8-4-11(10(18)5-9(8)15)20-13(17)12(16)7(3)19-20/h4-6H,1-3H3. The van der Waals surface area contributed by atoms with Crippen molar-refractivity contribution >= 4 is 40.8 Å². The number of aromatic nitrogens is 2. The Bertz CT molecular complexity index is 744. The third kappa shape index (κ3) is 3.21. The molecule has 0 N–H and O–H groups in total. The first kappa shape index (κ1) is 17.1. The Labute approximate surface area is 141 Å². The van der Waals surface area contributed by atoms with Crippen LogP contribution in [0.2, 0.25) is 15.2 Å². The van der Waals surface area contributed by atoms with Crippen LogP contribution in [0.15, 0.2) is 12.1 Å². The molecule has 1 aromatic heterocycles. The van der Waals surface area contributed by atoms with Gasteiger partial charge >= 0.3 is 5.97 Å². The molecule has 22 heavy (non-hydrogen) atoms. The first-order valence-corrected chi connectivity index (χ1v) is 7.46. The van der Waals surface area contributed by atoms with Crippen LogP contribution in [0.4, 0.5) is 4.39 Å². The highest BCUT2D eigenvalue weighted by atomic mass is 35.5. The van der Waals surface area contributed by atoms with Gasteiger partial charge in [0.25, 0.3) is 0 Å². The lowest BCUT2D eigenvalue weighted by atomic mass is 10.2. The van der Waals surface area contributed by atoms with Crippen molar-refractivity contribution in [3.63, 3.8) is 0 Å². The molecule has 1 heterocycles. The lowest BCUT2D eigenvalue weighted by Crippen LogP contribution is -2.13. The molecule has 4 nitrogen and oxygen atoms in total. The van der Waals surface area contributed by atoms with E-state index < -0.39 is 11.8 Å². The molecule has 1 aromatic carbocycles. The Morgan fingerprint density at radius 1 is 1.32 bits per heavy atom. The van der Waals surface area contributed by atoms with Gasteiger partial charge in [-0.3, -0.25) is 0 Å². The lowest BCUT2D eigenvalue weighted by Gasteiger charge is -2.12. The zero-order valence-electron chi connectivity index (χ0n) is 12.0. The summed E-state index contributed by atoms with van der Waals surface area (Å²) in [5, 5.41) is 4.25. The highest BCUT2D eigenvalue weighted by Crippen LogP contribution is 2.31. The van der Waals surface area contributed by atoms with Gasteiger partial charge in [-0.05, 0) is 32.9 Å². The topological polar surface area (TPSA) is 44.1 Å². The van der Waals surface area contributed by atoms with Crippen LogP contribution < -0.4 is 0 Å². The molecule has 0 saturated carbocycles. The number of nitrogens with zero attached hydrogens (tertiary/aromatic N) is 2. The van der Waals surface area contributed by atoms with E-state index in [1.807, 2.05) is 0 Å². The second-order valence-electron chi connectivity index (χ2n) is 4.84. The smallest absolute Gasteiger partial charge is 0.339 e. The van der Waals surface area contributed by atoms with Crippen molar-refractivity contribution < 1.29 is 13.9 Å². The van der Waals surface area contributed by atoms with Crippen LogP contribution >= 0.6 is 34.8 Å². The second-order valence-corrected chi connectivity index (χ2v) is 5.98. The van der Waals surface area contributed by atoms with E-state index in [2.05, 4.69) is 5.10 Å². The van der Waals surface area contributed by atoms with Crippen molar-refractivity contribution in [1.82, 2.24) is 9.78 Å². The van der Waals surface area contributed by atoms with Crippen LogP contribution in [0.5, 0.6) is 0 Å². The zero-order valence-corrected chi connectivity index (χ0v) is 14.2. The number of hydrogen-bond donors (Lipinski definition) is 0. The van der Waals surface area contributed by atoms with Gasteiger partial charge in [0.05, 0.1) is 22.4 Å². The van der Waals surface area contributed by atoms with Gasteiger partial charge in [-0.2, -0.15) is 5.10 Å². The molecule has 0 atom stereocenters. The van der Waals surface area contributed by atoms with Crippen molar-refractivity contribution in [2.24, 2.45) is 0 Å². The van der Waals surface area contributed by atoms with Gasteiger partial charge in [-0.25, -0.2) is 13.9 Å². The maximum Gasteiger partial charge on any atom is 0.339 e. The summed E-state index contributed by atoms with van der Waals surface area (Å²) in [7, 11) is 0. The molecule has 0 amide bonds. The summed E-state index contributed by atoms with van der Waals surface area (Å²) in [4.78, 5) is 12.0. The number of benzene rings is 1. The van der Waals surface area contributed by atoms with Crippen molar-refractivity contribution in [3.8, 4) is 5.69 Å². The fraction of sp³-hybridized carbons (Fsp3) is 0.286. The number of carbonyl (C=O) groups excluding carboxylic acids is 1. The van der Waals surface area contributed by atoms with Gasteiger partial charge in [-0.15, -0.1) is 0 Å². The Hall–Kier alpha value is -1.30. The van der Waals surface area contributed by atoms with Crippen LogP contribution in [0.25, 0.3) is 5.69 Å². The molecule has 0 spiro atoms. The molecule has 0 fully saturated rings. The highest BCUT2D eigenvalue weighted by molar-refractivity contribution is 6.42. The summed E-state index contributed by atoms with van der Waals surface area (Å²) < 4.78 is 20.3. The molecule has 2 aromatic rings. The number of esters is 1. The predicted octanol–water partition coefficient (Wildman–Crippen LogP) is 4.85. The molecule has 2 rings (SSSR count). The van der Waals surface area contributed by atoms with E-state index in [1.54, 1.807) is 20.8 Å². The van der Waals surface area contributed by atoms with E-state index in [9.17, 15) is 9.18 Å². The fourth-order valence-corrected chi connectivity index (χ4v) is 2.38. The molecule has 8 heteroatoms. The quantitative estimate of drug-likeness (QED) is 0.731. The summed E-state index contributed by atoms with van der Waals surface area (Å²) >= 11 is 17.9.